The fraction of sp³-hybridized carbons (Fsp3) is 1.00. The predicted octanol–water partition coefficient (Wildman–Crippen LogP) is 3.22. The highest BCUT2D eigenvalue weighted by Gasteiger charge is 2.41. The van der Waals surface area contributed by atoms with Crippen LogP contribution in [-0.4, -0.2) is 25.8 Å². The first-order chi connectivity index (χ1) is 7.68. The predicted molar refractivity (Wildman–Crippen MR) is 69.7 cm³/mol. The van der Waals surface area contributed by atoms with E-state index in [9.17, 15) is 0 Å². The van der Waals surface area contributed by atoms with Gasteiger partial charge in [-0.05, 0) is 32.2 Å². The molecule has 1 heterocycles. The number of ether oxygens (including phenoxy) is 1. The summed E-state index contributed by atoms with van der Waals surface area (Å²) in [5, 5.41) is 3.53. The van der Waals surface area contributed by atoms with E-state index in [0.29, 0.717) is 11.5 Å². The van der Waals surface area contributed by atoms with Crippen LogP contribution < -0.4 is 5.32 Å². The van der Waals surface area contributed by atoms with Crippen molar-refractivity contribution < 1.29 is 4.74 Å². The van der Waals surface area contributed by atoms with E-state index in [4.69, 9.17) is 4.74 Å². The lowest BCUT2D eigenvalue weighted by Crippen LogP contribution is -2.41. The van der Waals surface area contributed by atoms with Gasteiger partial charge in [0, 0.05) is 18.6 Å². The molecule has 16 heavy (non-hydrogen) atoms. The van der Waals surface area contributed by atoms with E-state index in [-0.39, 0.29) is 0 Å². The topological polar surface area (TPSA) is 21.3 Å². The third-order valence-electron chi connectivity index (χ3n) is 4.41. The Labute approximate surface area is 101 Å². The van der Waals surface area contributed by atoms with E-state index < -0.39 is 0 Å². The number of hydrogen-bond donors (Lipinski definition) is 1. The van der Waals surface area contributed by atoms with Crippen LogP contribution in [-0.2, 0) is 4.74 Å². The molecule has 1 rings (SSSR count). The van der Waals surface area contributed by atoms with Crippen LogP contribution in [0.3, 0.4) is 0 Å². The molecule has 2 heteroatoms. The molecule has 0 aromatic heterocycles. The lowest BCUT2D eigenvalue weighted by atomic mass is 9.73. The van der Waals surface area contributed by atoms with Gasteiger partial charge in [-0.2, -0.15) is 0 Å². The van der Waals surface area contributed by atoms with Crippen LogP contribution >= 0.6 is 0 Å². The second kappa shape index (κ2) is 6.61. The van der Waals surface area contributed by atoms with Crippen molar-refractivity contribution in [2.75, 3.05) is 19.7 Å². The van der Waals surface area contributed by atoms with Crippen molar-refractivity contribution in [3.05, 3.63) is 0 Å². The molecule has 0 spiro atoms. The molecule has 0 saturated carbocycles. The first-order valence-corrected chi connectivity index (χ1v) is 7.00. The van der Waals surface area contributed by atoms with E-state index >= 15 is 0 Å². The van der Waals surface area contributed by atoms with E-state index in [1.165, 1.54) is 25.7 Å². The van der Waals surface area contributed by atoms with Crippen LogP contribution in [0.1, 0.15) is 53.4 Å². The van der Waals surface area contributed by atoms with Gasteiger partial charge in [-0.25, -0.2) is 0 Å². The van der Waals surface area contributed by atoms with Crippen molar-refractivity contribution in [1.82, 2.24) is 5.32 Å². The molecule has 0 amide bonds. The normalized spacial score (nSPS) is 30.2. The molecule has 2 atom stereocenters. The van der Waals surface area contributed by atoms with Crippen LogP contribution in [0.5, 0.6) is 0 Å². The molecular formula is C14H29NO. The molecule has 1 aliphatic heterocycles. The van der Waals surface area contributed by atoms with E-state index in [1.54, 1.807) is 0 Å². The zero-order chi connectivity index (χ0) is 12.0. The molecule has 1 saturated heterocycles. The Hall–Kier alpha value is -0.0800. The van der Waals surface area contributed by atoms with Gasteiger partial charge in [0.15, 0.2) is 0 Å². The Morgan fingerprint density at radius 3 is 2.44 bits per heavy atom. The smallest absolute Gasteiger partial charge is 0.0616 e. The molecule has 0 aromatic carbocycles. The molecule has 96 valence electrons. The van der Waals surface area contributed by atoms with Crippen molar-refractivity contribution in [2.24, 2.45) is 11.3 Å². The quantitative estimate of drug-likeness (QED) is 0.721. The number of nitrogens with one attached hydrogen (secondary N) is 1. The second-order valence-electron chi connectivity index (χ2n) is 5.29. The molecular weight excluding hydrogens is 198 g/mol. The van der Waals surface area contributed by atoms with Crippen molar-refractivity contribution in [3.8, 4) is 0 Å². The van der Waals surface area contributed by atoms with Gasteiger partial charge in [0.05, 0.1) is 6.10 Å². The highest BCUT2D eigenvalue weighted by atomic mass is 16.5. The largest absolute Gasteiger partial charge is 0.378 e. The van der Waals surface area contributed by atoms with Crippen LogP contribution in [0.2, 0.25) is 0 Å². The fourth-order valence-corrected chi connectivity index (χ4v) is 2.92. The maximum absolute atomic E-state index is 5.82. The molecule has 1 N–H and O–H groups in total. The Morgan fingerprint density at radius 1 is 1.31 bits per heavy atom. The van der Waals surface area contributed by atoms with Gasteiger partial charge < -0.3 is 10.1 Å². The molecule has 0 bridgehead atoms. The third-order valence-corrected chi connectivity index (χ3v) is 4.41. The second-order valence-corrected chi connectivity index (χ2v) is 5.29. The summed E-state index contributed by atoms with van der Waals surface area (Å²) >= 11 is 0. The average molecular weight is 227 g/mol. The summed E-state index contributed by atoms with van der Waals surface area (Å²) in [6.45, 7) is 12.2. The van der Waals surface area contributed by atoms with Crippen molar-refractivity contribution in [1.29, 1.82) is 0 Å². The monoisotopic (exact) mass is 227 g/mol. The van der Waals surface area contributed by atoms with Gasteiger partial charge >= 0.3 is 0 Å². The molecule has 1 fully saturated rings. The summed E-state index contributed by atoms with van der Waals surface area (Å²) in [6, 6.07) is 0. The molecule has 2 unspecified atom stereocenters. The molecule has 2 nitrogen and oxygen atoms in total. The SMILES string of the molecule is CCNCC1(CC(CC)CC)CCOC1C. The number of rotatable bonds is 7. The molecule has 0 aliphatic carbocycles. The van der Waals surface area contributed by atoms with Crippen LogP contribution in [0.25, 0.3) is 0 Å². The maximum atomic E-state index is 5.82. The lowest BCUT2D eigenvalue weighted by molar-refractivity contribution is 0.0484. The van der Waals surface area contributed by atoms with Gasteiger partial charge in [-0.1, -0.05) is 33.6 Å². The Kier molecular flexibility index (Phi) is 5.77. The fourth-order valence-electron chi connectivity index (χ4n) is 2.92. The highest BCUT2D eigenvalue weighted by Crippen LogP contribution is 2.41. The van der Waals surface area contributed by atoms with Crippen molar-refractivity contribution in [2.45, 2.75) is 59.5 Å². The third kappa shape index (κ3) is 3.21. The number of hydrogen-bond acceptors (Lipinski definition) is 2. The zero-order valence-corrected chi connectivity index (χ0v) is 11.5. The van der Waals surface area contributed by atoms with Crippen molar-refractivity contribution in [3.63, 3.8) is 0 Å². The van der Waals surface area contributed by atoms with E-state index in [1.807, 2.05) is 0 Å². The summed E-state index contributed by atoms with van der Waals surface area (Å²) < 4.78 is 5.82. The Balaban J connectivity index is 2.62. The van der Waals surface area contributed by atoms with Gasteiger partial charge in [0.1, 0.15) is 0 Å². The van der Waals surface area contributed by atoms with Gasteiger partial charge in [0.2, 0.25) is 0 Å². The van der Waals surface area contributed by atoms with Crippen molar-refractivity contribution >= 4 is 0 Å². The summed E-state index contributed by atoms with van der Waals surface area (Å²) in [5.74, 6) is 0.864. The minimum Gasteiger partial charge on any atom is -0.378 e. The van der Waals surface area contributed by atoms with Crippen LogP contribution in [0.4, 0.5) is 0 Å². The first kappa shape index (κ1) is 14.0. The molecule has 1 aliphatic rings. The molecule has 0 aromatic rings. The lowest BCUT2D eigenvalue weighted by Gasteiger charge is -2.35. The summed E-state index contributed by atoms with van der Waals surface area (Å²) in [6.07, 6.45) is 5.59. The van der Waals surface area contributed by atoms with Crippen LogP contribution in [0, 0.1) is 11.3 Å². The van der Waals surface area contributed by atoms with Gasteiger partial charge in [-0.15, -0.1) is 0 Å². The Morgan fingerprint density at radius 2 is 2.00 bits per heavy atom. The molecule has 0 radical (unpaired) electrons. The van der Waals surface area contributed by atoms with Gasteiger partial charge in [0.25, 0.3) is 0 Å². The maximum Gasteiger partial charge on any atom is 0.0616 e. The van der Waals surface area contributed by atoms with Crippen LogP contribution in [0.15, 0.2) is 0 Å². The van der Waals surface area contributed by atoms with E-state index in [0.717, 1.165) is 25.6 Å². The van der Waals surface area contributed by atoms with Gasteiger partial charge in [-0.3, -0.25) is 0 Å². The minimum absolute atomic E-state index is 0.396. The van der Waals surface area contributed by atoms with E-state index in [2.05, 4.69) is 33.0 Å². The highest BCUT2D eigenvalue weighted by molar-refractivity contribution is 4.92. The summed E-state index contributed by atoms with van der Waals surface area (Å²) in [4.78, 5) is 0. The zero-order valence-electron chi connectivity index (χ0n) is 11.5. The average Bonchev–Trinajstić information content (AvgIpc) is 2.65. The minimum atomic E-state index is 0.396. The summed E-state index contributed by atoms with van der Waals surface area (Å²) in [7, 11) is 0. The summed E-state index contributed by atoms with van der Waals surface area (Å²) in [5.41, 5.74) is 0.396. The standard InChI is InChI=1S/C14H29NO/c1-5-13(6-2)10-14(11-15-7-3)8-9-16-12(14)4/h12-13,15H,5-11H2,1-4H3. The Bertz CT molecular complexity index is 191. The first-order valence-electron chi connectivity index (χ1n) is 7.00.